The third-order valence-electron chi connectivity index (χ3n) is 6.86. The maximum atomic E-state index is 12.1. The molecule has 0 unspecified atom stereocenters. The Labute approximate surface area is 232 Å². The molecule has 7 nitrogen and oxygen atoms in total. The number of carbonyl (C=O) groups is 3. The first-order chi connectivity index (χ1) is 18.7. The Balaban J connectivity index is 1.33. The number of carbonyl (C=O) groups excluding carboxylic acids is 3. The molecule has 1 fully saturated rings. The molecular weight excluding hydrogens is 512 g/mol. The highest BCUT2D eigenvalue weighted by molar-refractivity contribution is 6.89. The fraction of sp³-hybridized carbons (Fsp3) is 0.452. The van der Waals surface area contributed by atoms with Crippen molar-refractivity contribution in [2.24, 2.45) is 5.92 Å². The zero-order chi connectivity index (χ0) is 28.3. The van der Waals surface area contributed by atoms with Gasteiger partial charge in [-0.1, -0.05) is 87.1 Å². The molecule has 8 heteroatoms. The van der Waals surface area contributed by atoms with Crippen LogP contribution in [0.25, 0.3) is 11.1 Å². The van der Waals surface area contributed by atoms with E-state index < -0.39 is 26.0 Å². The van der Waals surface area contributed by atoms with Crippen molar-refractivity contribution in [3.05, 3.63) is 60.7 Å². The van der Waals surface area contributed by atoms with Crippen molar-refractivity contribution in [2.45, 2.75) is 58.2 Å². The minimum absolute atomic E-state index is 0.0251. The molecule has 1 saturated heterocycles. The van der Waals surface area contributed by atoms with Gasteiger partial charge < -0.3 is 18.9 Å². The highest BCUT2D eigenvalue weighted by atomic mass is 28.3. The summed E-state index contributed by atoms with van der Waals surface area (Å²) in [5, 5.41) is 1.50. The molecule has 0 N–H and O–H groups in total. The first-order valence-corrected chi connectivity index (χ1v) is 16.9. The van der Waals surface area contributed by atoms with Crippen molar-refractivity contribution in [1.82, 2.24) is 0 Å². The van der Waals surface area contributed by atoms with Crippen molar-refractivity contribution in [3.63, 3.8) is 0 Å². The molecule has 3 rings (SSSR count). The minimum atomic E-state index is -1.37. The van der Waals surface area contributed by atoms with Crippen LogP contribution in [0.4, 0.5) is 0 Å². The van der Waals surface area contributed by atoms with Gasteiger partial charge >= 0.3 is 17.9 Å². The third-order valence-corrected chi connectivity index (χ3v) is 10.4. The number of hydrogen-bond donors (Lipinski definition) is 0. The fourth-order valence-corrected chi connectivity index (χ4v) is 7.01. The number of rotatable bonds is 15. The average Bonchev–Trinajstić information content (AvgIpc) is 2.91. The minimum Gasteiger partial charge on any atom is -0.493 e. The van der Waals surface area contributed by atoms with E-state index in [4.69, 9.17) is 14.2 Å². The SMILES string of the molecule is C=C(COCC1CC(=O)OC(=O)C1)C(=O)OCCCOc1ccc(-c2ccc([Si](C)(C)CCCC)cc2)cc1. The van der Waals surface area contributed by atoms with Crippen LogP contribution in [-0.2, 0) is 28.6 Å². The molecule has 0 aliphatic carbocycles. The normalized spacial score (nSPS) is 14.1. The maximum Gasteiger partial charge on any atom is 0.335 e. The molecule has 39 heavy (non-hydrogen) atoms. The number of ether oxygens (including phenoxy) is 4. The van der Waals surface area contributed by atoms with Crippen molar-refractivity contribution >= 4 is 31.2 Å². The van der Waals surface area contributed by atoms with E-state index in [0.717, 1.165) is 11.3 Å². The predicted octanol–water partition coefficient (Wildman–Crippen LogP) is 5.43. The molecular formula is C31H40O7Si. The van der Waals surface area contributed by atoms with Gasteiger partial charge in [0.2, 0.25) is 0 Å². The van der Waals surface area contributed by atoms with Crippen LogP contribution in [0.3, 0.4) is 0 Å². The van der Waals surface area contributed by atoms with Crippen LogP contribution in [0.15, 0.2) is 60.7 Å². The molecule has 1 aliphatic heterocycles. The van der Waals surface area contributed by atoms with E-state index in [1.165, 1.54) is 29.6 Å². The number of cyclic esters (lactones) is 2. The summed E-state index contributed by atoms with van der Waals surface area (Å²) >= 11 is 0. The molecule has 0 amide bonds. The lowest BCUT2D eigenvalue weighted by molar-refractivity contribution is -0.166. The Morgan fingerprint density at radius 2 is 1.56 bits per heavy atom. The summed E-state index contributed by atoms with van der Waals surface area (Å²) in [5.74, 6) is -1.13. The van der Waals surface area contributed by atoms with E-state index in [2.05, 4.69) is 67.7 Å². The lowest BCUT2D eigenvalue weighted by Crippen LogP contribution is -2.40. The highest BCUT2D eigenvalue weighted by Gasteiger charge is 2.27. The molecule has 0 atom stereocenters. The second-order valence-electron chi connectivity index (χ2n) is 10.7. The van der Waals surface area contributed by atoms with Gasteiger partial charge in [0, 0.05) is 12.3 Å². The van der Waals surface area contributed by atoms with Crippen molar-refractivity contribution < 1.29 is 33.3 Å². The van der Waals surface area contributed by atoms with E-state index in [9.17, 15) is 14.4 Å². The summed E-state index contributed by atoms with van der Waals surface area (Å²) in [6, 6.07) is 18.4. The second kappa shape index (κ2) is 14.8. The van der Waals surface area contributed by atoms with E-state index in [1.807, 2.05) is 12.1 Å². The summed E-state index contributed by atoms with van der Waals surface area (Å²) in [5.41, 5.74) is 2.51. The van der Waals surface area contributed by atoms with Gasteiger partial charge in [-0.3, -0.25) is 9.59 Å². The largest absolute Gasteiger partial charge is 0.493 e. The molecule has 2 aromatic carbocycles. The summed E-state index contributed by atoms with van der Waals surface area (Å²) in [7, 11) is -1.37. The Morgan fingerprint density at radius 1 is 0.949 bits per heavy atom. The van der Waals surface area contributed by atoms with Gasteiger partial charge in [0.05, 0.1) is 52.9 Å². The Kier molecular flexibility index (Phi) is 11.5. The van der Waals surface area contributed by atoms with E-state index in [1.54, 1.807) is 0 Å². The molecule has 2 aromatic rings. The Bertz CT molecular complexity index is 1110. The maximum absolute atomic E-state index is 12.1. The summed E-state index contributed by atoms with van der Waals surface area (Å²) in [4.78, 5) is 34.7. The van der Waals surface area contributed by atoms with Crippen molar-refractivity contribution in [2.75, 3.05) is 26.4 Å². The van der Waals surface area contributed by atoms with Crippen LogP contribution in [0.5, 0.6) is 5.75 Å². The average molecular weight is 553 g/mol. The zero-order valence-corrected chi connectivity index (χ0v) is 24.3. The van der Waals surface area contributed by atoms with Gasteiger partial charge in [-0.15, -0.1) is 0 Å². The Hall–Kier alpha value is -3.23. The van der Waals surface area contributed by atoms with Gasteiger partial charge in [-0.2, -0.15) is 0 Å². The van der Waals surface area contributed by atoms with E-state index in [0.29, 0.717) is 13.0 Å². The topological polar surface area (TPSA) is 88.1 Å². The molecule has 1 heterocycles. The van der Waals surface area contributed by atoms with Gasteiger partial charge in [0.25, 0.3) is 0 Å². The first kappa shape index (κ1) is 30.3. The lowest BCUT2D eigenvalue weighted by Gasteiger charge is -2.23. The van der Waals surface area contributed by atoms with Crippen LogP contribution < -0.4 is 9.92 Å². The zero-order valence-electron chi connectivity index (χ0n) is 23.3. The molecule has 0 radical (unpaired) electrons. The second-order valence-corrected chi connectivity index (χ2v) is 15.5. The molecule has 1 aliphatic rings. The van der Waals surface area contributed by atoms with Crippen LogP contribution in [0, 0.1) is 5.92 Å². The van der Waals surface area contributed by atoms with E-state index >= 15 is 0 Å². The number of benzene rings is 2. The third kappa shape index (κ3) is 9.78. The van der Waals surface area contributed by atoms with Gasteiger partial charge in [0.1, 0.15) is 5.75 Å². The van der Waals surface area contributed by atoms with Crippen LogP contribution >= 0.6 is 0 Å². The summed E-state index contributed by atoms with van der Waals surface area (Å²) < 4.78 is 20.9. The molecule has 0 aromatic heterocycles. The standard InChI is InChI=1S/C31H40O7Si/c1-5-6-18-39(3,4)28-14-10-26(11-15-28)25-8-12-27(13-9-25)36-16-7-17-37-31(34)23(2)21-35-22-24-19-29(32)38-30(33)20-24/h8-15,24H,2,5-7,16-22H2,1,3-4H3. The molecule has 0 bridgehead atoms. The number of hydrogen-bond acceptors (Lipinski definition) is 7. The quantitative estimate of drug-likeness (QED) is 0.0957. The van der Waals surface area contributed by atoms with Crippen LogP contribution in [-0.4, -0.2) is 52.4 Å². The van der Waals surface area contributed by atoms with E-state index in [-0.39, 0.29) is 44.2 Å². The fourth-order valence-electron chi connectivity index (χ4n) is 4.42. The molecule has 0 spiro atoms. The monoisotopic (exact) mass is 552 g/mol. The molecule has 0 saturated carbocycles. The van der Waals surface area contributed by atoms with Gasteiger partial charge in [0.15, 0.2) is 0 Å². The van der Waals surface area contributed by atoms with Gasteiger partial charge in [-0.05, 0) is 23.3 Å². The predicted molar refractivity (Wildman–Crippen MR) is 154 cm³/mol. The number of unbranched alkanes of at least 4 members (excludes halogenated alkanes) is 1. The number of esters is 3. The highest BCUT2D eigenvalue weighted by Crippen LogP contribution is 2.23. The van der Waals surface area contributed by atoms with Gasteiger partial charge in [-0.25, -0.2) is 4.79 Å². The summed E-state index contributed by atoms with van der Waals surface area (Å²) in [6.07, 6.45) is 3.32. The Morgan fingerprint density at radius 3 is 2.18 bits per heavy atom. The van der Waals surface area contributed by atoms with Crippen LogP contribution in [0.1, 0.15) is 39.0 Å². The smallest absolute Gasteiger partial charge is 0.335 e. The van der Waals surface area contributed by atoms with Crippen LogP contribution in [0.2, 0.25) is 19.1 Å². The van der Waals surface area contributed by atoms with Crippen molar-refractivity contribution in [1.29, 1.82) is 0 Å². The lowest BCUT2D eigenvalue weighted by atomic mass is 10.0. The molecule has 210 valence electrons. The van der Waals surface area contributed by atoms with Crippen molar-refractivity contribution in [3.8, 4) is 16.9 Å². The summed E-state index contributed by atoms with van der Waals surface area (Å²) in [6.45, 7) is 11.6. The first-order valence-electron chi connectivity index (χ1n) is 13.7.